The lowest BCUT2D eigenvalue weighted by Crippen LogP contribution is -2.13. The summed E-state index contributed by atoms with van der Waals surface area (Å²) in [5.41, 5.74) is 3.54. The summed E-state index contributed by atoms with van der Waals surface area (Å²) in [6.45, 7) is 10.3. The van der Waals surface area contributed by atoms with E-state index < -0.39 is 0 Å². The van der Waals surface area contributed by atoms with E-state index in [4.69, 9.17) is 20.6 Å². The average Bonchev–Trinajstić information content (AvgIpc) is 3.20. The van der Waals surface area contributed by atoms with Gasteiger partial charge in [-0.2, -0.15) is 0 Å². The summed E-state index contributed by atoms with van der Waals surface area (Å²) in [7, 11) is 3.18. The molecule has 0 amide bonds. The number of esters is 1. The van der Waals surface area contributed by atoms with Crippen molar-refractivity contribution in [2.45, 2.75) is 34.6 Å². The van der Waals surface area contributed by atoms with Crippen LogP contribution in [0.1, 0.15) is 40.2 Å². The summed E-state index contributed by atoms with van der Waals surface area (Å²) in [5, 5.41) is 0. The quantitative estimate of drug-likeness (QED) is 0.383. The smallest absolute Gasteiger partial charge is 0.310 e. The SMILES string of the molecule is C#CC(COC(=O)C1C(C=C(C)C)C1(C)C)=C(C)c1ccc(OC)c(OC)c1. The molecule has 1 aromatic carbocycles. The maximum Gasteiger partial charge on any atom is 0.310 e. The lowest BCUT2D eigenvalue weighted by molar-refractivity contribution is -0.145. The molecule has 0 spiro atoms. The minimum atomic E-state index is -0.194. The van der Waals surface area contributed by atoms with Gasteiger partial charge in [0.25, 0.3) is 0 Å². The van der Waals surface area contributed by atoms with E-state index in [1.54, 1.807) is 14.2 Å². The molecule has 0 heterocycles. The van der Waals surface area contributed by atoms with Crippen molar-refractivity contribution in [3.05, 3.63) is 41.0 Å². The summed E-state index contributed by atoms with van der Waals surface area (Å²) in [6, 6.07) is 5.60. The first kappa shape index (κ1) is 21.6. The van der Waals surface area contributed by atoms with Crippen LogP contribution in [0.15, 0.2) is 35.4 Å². The number of hydrogen-bond donors (Lipinski definition) is 0. The molecule has 4 nitrogen and oxygen atoms in total. The molecular formula is C24H30O4. The Labute approximate surface area is 168 Å². The van der Waals surface area contributed by atoms with Crippen LogP contribution in [0.25, 0.3) is 5.57 Å². The Balaban J connectivity index is 2.15. The van der Waals surface area contributed by atoms with Crippen molar-refractivity contribution >= 4 is 11.5 Å². The number of ether oxygens (including phenoxy) is 3. The van der Waals surface area contributed by atoms with Crippen LogP contribution in [0.5, 0.6) is 11.5 Å². The van der Waals surface area contributed by atoms with Gasteiger partial charge < -0.3 is 14.2 Å². The van der Waals surface area contributed by atoms with Crippen molar-refractivity contribution in [1.29, 1.82) is 0 Å². The highest BCUT2D eigenvalue weighted by Gasteiger charge is 2.61. The van der Waals surface area contributed by atoms with Gasteiger partial charge in [-0.05, 0) is 55.4 Å². The van der Waals surface area contributed by atoms with Gasteiger partial charge in [0, 0.05) is 5.57 Å². The number of carbonyl (C=O) groups is 1. The monoisotopic (exact) mass is 382 g/mol. The first-order valence-corrected chi connectivity index (χ1v) is 9.37. The van der Waals surface area contributed by atoms with E-state index in [9.17, 15) is 4.79 Å². The van der Waals surface area contributed by atoms with Gasteiger partial charge in [-0.1, -0.05) is 37.5 Å². The van der Waals surface area contributed by atoms with E-state index in [0.29, 0.717) is 17.1 Å². The van der Waals surface area contributed by atoms with Gasteiger partial charge >= 0.3 is 5.97 Å². The molecule has 1 aliphatic carbocycles. The zero-order valence-electron chi connectivity index (χ0n) is 17.9. The summed E-state index contributed by atoms with van der Waals surface area (Å²) < 4.78 is 16.2. The molecule has 0 N–H and O–H groups in total. The van der Waals surface area contributed by atoms with Gasteiger partial charge in [0.1, 0.15) is 6.61 Å². The molecule has 0 saturated heterocycles. The Kier molecular flexibility index (Phi) is 6.61. The van der Waals surface area contributed by atoms with E-state index >= 15 is 0 Å². The third kappa shape index (κ3) is 4.42. The van der Waals surface area contributed by atoms with Crippen molar-refractivity contribution in [3.63, 3.8) is 0 Å². The number of rotatable bonds is 7. The van der Waals surface area contributed by atoms with Crippen LogP contribution in [0.2, 0.25) is 0 Å². The third-order valence-corrected chi connectivity index (χ3v) is 5.48. The zero-order chi connectivity index (χ0) is 21.1. The normalized spacial score (nSPS) is 20.4. The number of methoxy groups -OCH3 is 2. The van der Waals surface area contributed by atoms with Crippen LogP contribution in [0.4, 0.5) is 0 Å². The molecule has 150 valence electrons. The van der Waals surface area contributed by atoms with Gasteiger partial charge in [-0.3, -0.25) is 4.79 Å². The van der Waals surface area contributed by atoms with Crippen molar-refractivity contribution < 1.29 is 19.0 Å². The molecule has 0 aliphatic heterocycles. The van der Waals surface area contributed by atoms with Crippen molar-refractivity contribution in [3.8, 4) is 23.8 Å². The molecular weight excluding hydrogens is 352 g/mol. The molecule has 28 heavy (non-hydrogen) atoms. The van der Waals surface area contributed by atoms with Crippen LogP contribution in [0, 0.1) is 29.6 Å². The van der Waals surface area contributed by atoms with Crippen LogP contribution >= 0.6 is 0 Å². The first-order valence-electron chi connectivity index (χ1n) is 9.37. The number of carbonyl (C=O) groups excluding carboxylic acids is 1. The fourth-order valence-corrected chi connectivity index (χ4v) is 3.53. The maximum atomic E-state index is 12.6. The first-order chi connectivity index (χ1) is 13.2. The van der Waals surface area contributed by atoms with Crippen LogP contribution in [-0.2, 0) is 9.53 Å². The summed E-state index contributed by atoms with van der Waals surface area (Å²) in [4.78, 5) is 12.6. The highest BCUT2D eigenvalue weighted by molar-refractivity contribution is 5.79. The van der Waals surface area contributed by atoms with Crippen LogP contribution < -0.4 is 9.47 Å². The van der Waals surface area contributed by atoms with E-state index in [1.165, 1.54) is 5.57 Å². The maximum absolute atomic E-state index is 12.6. The van der Waals surface area contributed by atoms with Crippen molar-refractivity contribution in [2.24, 2.45) is 17.3 Å². The fraction of sp³-hybridized carbons (Fsp3) is 0.458. The average molecular weight is 383 g/mol. The highest BCUT2D eigenvalue weighted by atomic mass is 16.5. The van der Waals surface area contributed by atoms with Crippen LogP contribution in [0.3, 0.4) is 0 Å². The van der Waals surface area contributed by atoms with E-state index in [1.807, 2.05) is 39.0 Å². The van der Waals surface area contributed by atoms with Gasteiger partial charge in [-0.15, -0.1) is 6.42 Å². The molecule has 2 unspecified atom stereocenters. The predicted molar refractivity (Wildman–Crippen MR) is 112 cm³/mol. The van der Waals surface area contributed by atoms with Gasteiger partial charge in [0.05, 0.1) is 20.1 Å². The van der Waals surface area contributed by atoms with E-state index in [0.717, 1.165) is 11.1 Å². The number of terminal acetylenes is 1. The Bertz CT molecular complexity index is 848. The number of allylic oxidation sites excluding steroid dienone is 3. The second kappa shape index (κ2) is 8.56. The minimum Gasteiger partial charge on any atom is -0.493 e. The molecule has 4 heteroatoms. The molecule has 0 radical (unpaired) electrons. The molecule has 1 saturated carbocycles. The summed E-state index contributed by atoms with van der Waals surface area (Å²) in [6.07, 6.45) is 7.85. The molecule has 2 rings (SSSR count). The van der Waals surface area contributed by atoms with Gasteiger partial charge in [0.15, 0.2) is 11.5 Å². The largest absolute Gasteiger partial charge is 0.493 e. The molecule has 0 aromatic heterocycles. The second-order valence-corrected chi connectivity index (χ2v) is 7.99. The van der Waals surface area contributed by atoms with Gasteiger partial charge in [-0.25, -0.2) is 0 Å². The molecule has 1 aromatic rings. The Hall–Kier alpha value is -2.67. The topological polar surface area (TPSA) is 44.8 Å². The summed E-state index contributed by atoms with van der Waals surface area (Å²) in [5.74, 6) is 3.83. The van der Waals surface area contributed by atoms with Gasteiger partial charge in [0.2, 0.25) is 0 Å². The fourth-order valence-electron chi connectivity index (χ4n) is 3.53. The molecule has 2 atom stereocenters. The van der Waals surface area contributed by atoms with Crippen LogP contribution in [-0.4, -0.2) is 26.8 Å². The molecule has 1 fully saturated rings. The Morgan fingerprint density at radius 3 is 2.36 bits per heavy atom. The van der Waals surface area contributed by atoms with Crippen molar-refractivity contribution in [2.75, 3.05) is 20.8 Å². The molecule has 0 bridgehead atoms. The third-order valence-electron chi connectivity index (χ3n) is 5.48. The lowest BCUT2D eigenvalue weighted by atomic mass is 10.0. The predicted octanol–water partition coefficient (Wildman–Crippen LogP) is 4.89. The highest BCUT2D eigenvalue weighted by Crippen LogP contribution is 2.59. The van der Waals surface area contributed by atoms with E-state index in [2.05, 4.69) is 25.8 Å². The number of benzene rings is 1. The second-order valence-electron chi connectivity index (χ2n) is 7.99. The molecule has 1 aliphatic rings. The Morgan fingerprint density at radius 1 is 1.18 bits per heavy atom. The van der Waals surface area contributed by atoms with E-state index in [-0.39, 0.29) is 29.8 Å². The standard InChI is InChI=1S/C24H30O4/c1-9-17(16(4)18-10-11-20(26-7)21(13-18)27-8)14-28-23(25)22-19(12-15(2)3)24(22,5)6/h1,10-13,19,22H,14H2,2-8H3. The minimum absolute atomic E-state index is 0.0766. The lowest BCUT2D eigenvalue weighted by Gasteiger charge is -2.12. The zero-order valence-corrected chi connectivity index (χ0v) is 17.9. The summed E-state index contributed by atoms with van der Waals surface area (Å²) >= 11 is 0. The Morgan fingerprint density at radius 2 is 1.82 bits per heavy atom. The number of hydrogen-bond acceptors (Lipinski definition) is 4. The van der Waals surface area contributed by atoms with Crippen molar-refractivity contribution in [1.82, 2.24) is 0 Å².